The molecule has 2 rings (SSSR count). The average Bonchev–Trinajstić information content (AvgIpc) is 3.19. The van der Waals surface area contributed by atoms with Gasteiger partial charge in [-0.1, -0.05) is 13.0 Å². The predicted molar refractivity (Wildman–Crippen MR) is 96.5 cm³/mol. The summed E-state index contributed by atoms with van der Waals surface area (Å²) in [6, 6.07) is -0.360. The second kappa shape index (κ2) is 8.92. The van der Waals surface area contributed by atoms with Crippen LogP contribution < -0.4 is 5.32 Å². The number of amides is 2. The molecular formula is C17H26N4O2S. The van der Waals surface area contributed by atoms with Gasteiger partial charge < -0.3 is 10.2 Å². The van der Waals surface area contributed by atoms with Crippen molar-refractivity contribution in [2.45, 2.75) is 39.2 Å². The maximum atomic E-state index is 12.4. The molecule has 0 saturated carbocycles. The molecule has 2 heterocycles. The highest BCUT2D eigenvalue weighted by molar-refractivity contribution is 7.99. The van der Waals surface area contributed by atoms with Gasteiger partial charge in [0.2, 0.25) is 5.91 Å². The Morgan fingerprint density at radius 3 is 2.96 bits per heavy atom. The summed E-state index contributed by atoms with van der Waals surface area (Å²) in [4.78, 5) is 26.5. The number of hydrogen-bond acceptors (Lipinski definition) is 4. The van der Waals surface area contributed by atoms with Crippen LogP contribution in [0.1, 0.15) is 32.3 Å². The molecule has 0 aliphatic carbocycles. The number of carbonyl (C=O) groups is 2. The Kier molecular flexibility index (Phi) is 6.90. The third-order valence-electron chi connectivity index (χ3n) is 3.99. The molecule has 1 saturated heterocycles. The van der Waals surface area contributed by atoms with E-state index >= 15 is 0 Å². The summed E-state index contributed by atoms with van der Waals surface area (Å²) >= 11 is 1.63. The minimum atomic E-state index is -0.360. The first-order chi connectivity index (χ1) is 11.5. The van der Waals surface area contributed by atoms with Crippen LogP contribution in [0.4, 0.5) is 0 Å². The van der Waals surface area contributed by atoms with Crippen molar-refractivity contribution in [3.63, 3.8) is 0 Å². The van der Waals surface area contributed by atoms with Gasteiger partial charge >= 0.3 is 0 Å². The van der Waals surface area contributed by atoms with E-state index in [4.69, 9.17) is 0 Å². The van der Waals surface area contributed by atoms with E-state index in [1.165, 1.54) is 5.56 Å². The molecule has 1 fully saturated rings. The number of thioether (sulfide) groups is 1. The molecule has 1 aliphatic rings. The Bertz CT molecular complexity index is 611. The number of aryl methyl sites for hydroxylation is 2. The van der Waals surface area contributed by atoms with E-state index in [-0.39, 0.29) is 17.9 Å². The molecule has 1 unspecified atom stereocenters. The van der Waals surface area contributed by atoms with Crippen LogP contribution in [-0.2, 0) is 23.1 Å². The first-order valence-electron chi connectivity index (χ1n) is 8.33. The normalized spacial score (nSPS) is 18.0. The van der Waals surface area contributed by atoms with Crippen molar-refractivity contribution in [2.75, 3.05) is 18.2 Å². The van der Waals surface area contributed by atoms with Gasteiger partial charge in [-0.2, -0.15) is 5.10 Å². The van der Waals surface area contributed by atoms with Crippen LogP contribution >= 0.6 is 11.8 Å². The second-order valence-electron chi connectivity index (χ2n) is 6.00. The van der Waals surface area contributed by atoms with Crippen LogP contribution in [0, 0.1) is 0 Å². The highest BCUT2D eigenvalue weighted by atomic mass is 32.2. The lowest BCUT2D eigenvalue weighted by Crippen LogP contribution is -2.47. The Morgan fingerprint density at radius 2 is 2.29 bits per heavy atom. The molecule has 2 amide bonds. The first kappa shape index (κ1) is 18.6. The molecule has 7 heteroatoms. The zero-order chi connectivity index (χ0) is 17.5. The summed E-state index contributed by atoms with van der Waals surface area (Å²) in [7, 11) is 1.89. The van der Waals surface area contributed by atoms with Crippen molar-refractivity contribution >= 4 is 23.6 Å². The summed E-state index contributed by atoms with van der Waals surface area (Å²) in [5, 5.41) is 7.10. The molecule has 0 spiro atoms. The fraction of sp³-hybridized carbons (Fsp3) is 0.588. The van der Waals surface area contributed by atoms with Crippen molar-refractivity contribution in [1.82, 2.24) is 20.0 Å². The highest BCUT2D eigenvalue weighted by Gasteiger charge is 2.34. The number of rotatable bonds is 7. The van der Waals surface area contributed by atoms with E-state index in [0.717, 1.165) is 24.8 Å². The fourth-order valence-electron chi connectivity index (χ4n) is 2.70. The number of aromatic nitrogens is 2. The molecule has 1 aromatic heterocycles. The summed E-state index contributed by atoms with van der Waals surface area (Å²) in [5.41, 5.74) is 1.88. The minimum Gasteiger partial charge on any atom is -0.354 e. The Labute approximate surface area is 147 Å². The predicted octanol–water partition coefficient (Wildman–Crippen LogP) is 1.73. The van der Waals surface area contributed by atoms with Crippen LogP contribution in [0.2, 0.25) is 0 Å². The van der Waals surface area contributed by atoms with Crippen LogP contribution in [0.25, 0.3) is 0 Å². The monoisotopic (exact) mass is 350 g/mol. The molecule has 0 radical (unpaired) electrons. The van der Waals surface area contributed by atoms with Gasteiger partial charge in [-0.05, 0) is 31.7 Å². The lowest BCUT2D eigenvalue weighted by molar-refractivity contribution is -0.135. The number of allylic oxidation sites excluding steroid dienone is 1. The zero-order valence-corrected chi connectivity index (χ0v) is 15.4. The Morgan fingerprint density at radius 1 is 1.50 bits per heavy atom. The maximum Gasteiger partial charge on any atom is 0.250 e. The molecule has 132 valence electrons. The molecule has 24 heavy (non-hydrogen) atoms. The number of nitrogens with zero attached hydrogens (tertiary/aromatic N) is 3. The van der Waals surface area contributed by atoms with Crippen molar-refractivity contribution < 1.29 is 9.59 Å². The molecule has 1 atom stereocenters. The van der Waals surface area contributed by atoms with E-state index in [2.05, 4.69) is 10.4 Å². The van der Waals surface area contributed by atoms with Crippen LogP contribution in [-0.4, -0.2) is 50.7 Å². The van der Waals surface area contributed by atoms with Gasteiger partial charge in [0.05, 0.1) is 12.1 Å². The van der Waals surface area contributed by atoms with Gasteiger partial charge in [-0.25, -0.2) is 0 Å². The fourth-order valence-corrected chi connectivity index (χ4v) is 3.86. The minimum absolute atomic E-state index is 0.0302. The molecule has 0 bridgehead atoms. The van der Waals surface area contributed by atoms with Crippen molar-refractivity contribution in [3.05, 3.63) is 29.6 Å². The number of carbonyl (C=O) groups excluding carboxylic acids is 2. The average molecular weight is 350 g/mol. The SMILES string of the molecule is CC/C=C(/C)C(=O)N1CSCC1C(=O)NCCCc1cnn(C)c1. The first-order valence-corrected chi connectivity index (χ1v) is 9.49. The smallest absolute Gasteiger partial charge is 0.250 e. The third kappa shape index (κ3) is 4.87. The maximum absolute atomic E-state index is 12.4. The third-order valence-corrected chi connectivity index (χ3v) is 5.01. The lowest BCUT2D eigenvalue weighted by Gasteiger charge is -2.23. The molecule has 1 aromatic rings. The molecular weight excluding hydrogens is 324 g/mol. The quantitative estimate of drug-likeness (QED) is 0.601. The Hall–Kier alpha value is -1.76. The van der Waals surface area contributed by atoms with Crippen molar-refractivity contribution in [1.29, 1.82) is 0 Å². The van der Waals surface area contributed by atoms with Gasteiger partial charge in [0.1, 0.15) is 6.04 Å². The molecule has 0 aromatic carbocycles. The summed E-state index contributed by atoms with van der Waals surface area (Å²) in [5.74, 6) is 1.17. The summed E-state index contributed by atoms with van der Waals surface area (Å²) in [6.07, 6.45) is 8.31. The van der Waals surface area contributed by atoms with Crippen LogP contribution in [0.15, 0.2) is 24.0 Å². The van der Waals surface area contributed by atoms with Gasteiger partial charge in [0.15, 0.2) is 0 Å². The Balaban J connectivity index is 1.80. The van der Waals surface area contributed by atoms with E-state index < -0.39 is 0 Å². The number of nitrogens with one attached hydrogen (secondary N) is 1. The largest absolute Gasteiger partial charge is 0.354 e. The van der Waals surface area contributed by atoms with Crippen LogP contribution in [0.3, 0.4) is 0 Å². The lowest BCUT2D eigenvalue weighted by atomic mass is 10.1. The topological polar surface area (TPSA) is 67.2 Å². The van der Waals surface area contributed by atoms with Crippen LogP contribution in [0.5, 0.6) is 0 Å². The van der Waals surface area contributed by atoms with E-state index in [1.54, 1.807) is 21.3 Å². The summed E-state index contributed by atoms with van der Waals surface area (Å²) in [6.45, 7) is 4.43. The molecule has 1 aliphatic heterocycles. The molecule has 6 nitrogen and oxygen atoms in total. The van der Waals surface area contributed by atoms with Gasteiger partial charge in [-0.3, -0.25) is 14.3 Å². The van der Waals surface area contributed by atoms with Gasteiger partial charge in [-0.15, -0.1) is 11.8 Å². The zero-order valence-electron chi connectivity index (χ0n) is 14.6. The highest BCUT2D eigenvalue weighted by Crippen LogP contribution is 2.23. The van der Waals surface area contributed by atoms with Crippen molar-refractivity contribution in [2.24, 2.45) is 7.05 Å². The second-order valence-corrected chi connectivity index (χ2v) is 7.00. The van der Waals surface area contributed by atoms with Gasteiger partial charge in [0, 0.05) is 31.1 Å². The van der Waals surface area contributed by atoms with Crippen molar-refractivity contribution in [3.8, 4) is 0 Å². The van der Waals surface area contributed by atoms with E-state index in [1.807, 2.05) is 39.4 Å². The number of hydrogen-bond donors (Lipinski definition) is 1. The van der Waals surface area contributed by atoms with E-state index in [0.29, 0.717) is 18.2 Å². The van der Waals surface area contributed by atoms with E-state index in [9.17, 15) is 9.59 Å². The van der Waals surface area contributed by atoms with Gasteiger partial charge in [0.25, 0.3) is 5.91 Å². The summed E-state index contributed by atoms with van der Waals surface area (Å²) < 4.78 is 1.78. The standard InChI is InChI=1S/C17H26N4O2S/c1-4-6-13(2)17(23)21-12-24-11-15(21)16(22)18-8-5-7-14-9-19-20(3)10-14/h6,9-10,15H,4-5,7-8,11-12H2,1-3H3,(H,18,22)/b13-6-. The molecule has 1 N–H and O–H groups in total.